The van der Waals surface area contributed by atoms with E-state index in [-0.39, 0.29) is 0 Å². The first-order chi connectivity index (χ1) is 17.6. The van der Waals surface area contributed by atoms with E-state index >= 15 is 0 Å². The van der Waals surface area contributed by atoms with E-state index in [9.17, 15) is 0 Å². The van der Waals surface area contributed by atoms with Gasteiger partial charge in [-0.1, -0.05) is 89.1 Å². The minimum Gasteiger partial charge on any atom is -0.222 e. The molecule has 1 heterocycles. The van der Waals surface area contributed by atoms with Crippen molar-refractivity contribution >= 4 is 34.5 Å². The molecule has 0 saturated carbocycles. The van der Waals surface area contributed by atoms with Crippen LogP contribution in [0.2, 0.25) is 10.0 Å². The molecule has 0 fully saturated rings. The molecule has 5 rings (SSSR count). The van der Waals surface area contributed by atoms with Crippen LogP contribution in [0.5, 0.6) is 0 Å². The molecule has 9 heteroatoms. The lowest BCUT2D eigenvalue weighted by molar-refractivity contribution is -2.00. The van der Waals surface area contributed by atoms with Crippen molar-refractivity contribution in [3.8, 4) is 44.0 Å². The van der Waals surface area contributed by atoms with Crippen molar-refractivity contribution in [3.63, 3.8) is 0 Å². The third-order valence-corrected chi connectivity index (χ3v) is 7.03. The molecule has 5 nitrogen and oxygen atoms in total. The lowest BCUT2D eigenvalue weighted by Crippen LogP contribution is -2.68. The number of rotatable bonds is 4. The van der Waals surface area contributed by atoms with Crippen LogP contribution in [0.1, 0.15) is 0 Å². The summed E-state index contributed by atoms with van der Waals surface area (Å²) in [7, 11) is -2.85. The first kappa shape index (κ1) is 27.3. The van der Waals surface area contributed by atoms with Crippen molar-refractivity contribution < 1.29 is 33.4 Å². The van der Waals surface area contributed by atoms with Crippen LogP contribution >= 0.6 is 34.5 Å². The molecule has 0 aliphatic heterocycles. The van der Waals surface area contributed by atoms with E-state index in [1.54, 1.807) is 11.3 Å². The molecule has 0 atom stereocenters. The largest absolute Gasteiger partial charge is 0.270 e. The van der Waals surface area contributed by atoms with Crippen LogP contribution < -0.4 is 23.2 Å². The van der Waals surface area contributed by atoms with Gasteiger partial charge in [0.1, 0.15) is 7.05 Å². The van der Waals surface area contributed by atoms with E-state index in [0.717, 1.165) is 21.2 Å². The van der Waals surface area contributed by atoms with Crippen LogP contribution in [-0.2, 0) is 7.05 Å². The van der Waals surface area contributed by atoms with Gasteiger partial charge in [0.15, 0.2) is 6.20 Å². The maximum absolute atomic E-state index is 8.49. The summed E-state index contributed by atoms with van der Waals surface area (Å²) in [5.74, 6) is 0. The Bertz CT molecular complexity index is 1410. The zero-order chi connectivity index (χ0) is 26.6. The first-order valence-electron chi connectivity index (χ1n) is 10.9. The summed E-state index contributed by atoms with van der Waals surface area (Å²) >= 11 is 14.2. The van der Waals surface area contributed by atoms with Crippen molar-refractivity contribution in [2.75, 3.05) is 0 Å². The number of thiazole rings is 1. The highest BCUT2D eigenvalue weighted by molar-refractivity contribution is 7.12. The monoisotopic (exact) mass is 571 g/mol. The second-order valence-corrected chi connectivity index (χ2v) is 10.5. The third kappa shape index (κ3) is 7.17. The quantitative estimate of drug-likeness (QED) is 0.306. The fourth-order valence-corrected chi connectivity index (χ4v) is 5.15. The summed E-state index contributed by atoms with van der Waals surface area (Å²) in [6.07, 6.45) is 2.10. The second kappa shape index (κ2) is 11.7. The fraction of sp³-hybridized carbons (Fsp3) is 0.0357. The summed E-state index contributed by atoms with van der Waals surface area (Å²) in [5.41, 5.74) is 8.16. The van der Waals surface area contributed by atoms with Gasteiger partial charge in [0.05, 0.1) is 10.9 Å². The molecule has 1 aromatic heterocycles. The molecule has 0 radical (unpaired) electrons. The van der Waals surface area contributed by atoms with Crippen molar-refractivity contribution in [1.82, 2.24) is 0 Å². The molecule has 0 aliphatic carbocycles. The summed E-state index contributed by atoms with van der Waals surface area (Å²) in [4.78, 5) is 0. The van der Waals surface area contributed by atoms with Gasteiger partial charge in [-0.3, -0.25) is 0 Å². The van der Waals surface area contributed by atoms with E-state index in [0.29, 0.717) is 0 Å². The highest BCUT2D eigenvalue weighted by Gasteiger charge is 2.23. The van der Waals surface area contributed by atoms with Gasteiger partial charge in [-0.2, -0.15) is 4.57 Å². The van der Waals surface area contributed by atoms with Gasteiger partial charge >= 0.3 is 0 Å². The third-order valence-electron chi connectivity index (χ3n) is 5.55. The molecule has 0 bridgehead atoms. The summed E-state index contributed by atoms with van der Waals surface area (Å²) in [6.45, 7) is 0. The topological polar surface area (TPSA) is 96.1 Å². The van der Waals surface area contributed by atoms with Crippen LogP contribution in [0.4, 0.5) is 0 Å². The number of nitrogens with zero attached hydrogens (tertiary/aromatic N) is 1. The summed E-state index contributed by atoms with van der Waals surface area (Å²) in [5, 5.41) is 4.78. The summed E-state index contributed by atoms with van der Waals surface area (Å²) in [6, 6.07) is 31.2. The Morgan fingerprint density at radius 1 is 0.649 bits per heavy atom. The smallest absolute Gasteiger partial charge is 0.222 e. The zero-order valence-corrected chi connectivity index (χ0v) is 22.5. The number of aryl methyl sites for hydroxylation is 1. The molecule has 0 N–H and O–H groups in total. The molecule has 5 aromatic rings. The predicted molar refractivity (Wildman–Crippen MR) is 137 cm³/mol. The average molecular weight is 573 g/mol. The van der Waals surface area contributed by atoms with Crippen LogP contribution in [0.25, 0.3) is 44.0 Å². The molecule has 0 aliphatic rings. The summed E-state index contributed by atoms with van der Waals surface area (Å²) < 4.78 is 36.2. The Kier molecular flexibility index (Phi) is 8.64. The molecule has 0 spiro atoms. The Morgan fingerprint density at radius 2 is 1.11 bits per heavy atom. The van der Waals surface area contributed by atoms with E-state index in [1.165, 1.54) is 32.8 Å². The van der Waals surface area contributed by atoms with Crippen LogP contribution in [-0.4, -0.2) is 0 Å². The molecule has 4 aromatic carbocycles. The maximum atomic E-state index is 8.49. The number of hydrogen-bond donors (Lipinski definition) is 0. The van der Waals surface area contributed by atoms with Crippen LogP contribution in [0, 0.1) is 10.2 Å². The second-order valence-electron chi connectivity index (χ2n) is 8.02. The van der Waals surface area contributed by atoms with Gasteiger partial charge in [-0.25, -0.2) is 18.6 Å². The minimum atomic E-state index is -4.94. The Hall–Kier alpha value is -2.78. The molecule has 188 valence electrons. The van der Waals surface area contributed by atoms with E-state index in [4.69, 9.17) is 41.8 Å². The minimum absolute atomic E-state index is 0.731. The number of aromatic nitrogens is 1. The standard InChI is InChI=1S/C28H20Cl2NS.ClHO4/c1-31-15-16-32-28(31)27-25(20-7-11-23(29)12-8-20)17-22(19-5-3-2-4-6-19)18-26(27)21-9-13-24(30)14-10-21;2-1(3,4)5/h2-18H,1H3;(H,2,3,4,5)/q+1;/p-1. The van der Waals surface area contributed by atoms with Crippen molar-refractivity contribution in [1.29, 1.82) is 0 Å². The van der Waals surface area contributed by atoms with Crippen molar-refractivity contribution in [3.05, 3.63) is 113 Å². The Morgan fingerprint density at radius 3 is 1.51 bits per heavy atom. The molecule has 0 saturated heterocycles. The van der Waals surface area contributed by atoms with Crippen LogP contribution in [0.15, 0.2) is 103 Å². The SMILES string of the molecule is C[n+]1ccsc1-c1c(-c2ccc(Cl)cc2)cc(-c2ccccc2)cc1-c1ccc(Cl)cc1.[O-][Cl+3]([O-])([O-])[O-]. The number of hydrogen-bond acceptors (Lipinski definition) is 5. The molecular formula is C28H20Cl3NO4S. The molecule has 37 heavy (non-hydrogen) atoms. The fourth-order valence-electron chi connectivity index (χ4n) is 3.96. The highest BCUT2D eigenvalue weighted by Crippen LogP contribution is 2.43. The van der Waals surface area contributed by atoms with E-state index in [2.05, 4.69) is 83.9 Å². The van der Waals surface area contributed by atoms with Crippen molar-refractivity contribution in [2.24, 2.45) is 7.05 Å². The lowest BCUT2D eigenvalue weighted by Gasteiger charge is -2.17. The number of benzene rings is 4. The zero-order valence-electron chi connectivity index (χ0n) is 19.4. The van der Waals surface area contributed by atoms with Gasteiger partial charge in [-0.05, 0) is 69.8 Å². The molecule has 0 amide bonds. The van der Waals surface area contributed by atoms with Gasteiger partial charge in [0.2, 0.25) is 0 Å². The number of halogens is 3. The average Bonchev–Trinajstić information content (AvgIpc) is 3.29. The Labute approximate surface area is 230 Å². The van der Waals surface area contributed by atoms with Crippen LogP contribution in [0.3, 0.4) is 0 Å². The van der Waals surface area contributed by atoms with Gasteiger partial charge in [-0.15, -0.1) is 10.2 Å². The predicted octanol–water partition coefficient (Wildman–Crippen LogP) is 3.79. The highest BCUT2D eigenvalue weighted by atomic mass is 35.7. The van der Waals surface area contributed by atoms with Gasteiger partial charge in [0.25, 0.3) is 5.01 Å². The molecular weight excluding hydrogens is 553 g/mol. The van der Waals surface area contributed by atoms with Gasteiger partial charge < -0.3 is 0 Å². The first-order valence-corrected chi connectivity index (χ1v) is 13.8. The normalized spacial score (nSPS) is 11.1. The van der Waals surface area contributed by atoms with E-state index < -0.39 is 10.2 Å². The van der Waals surface area contributed by atoms with Crippen molar-refractivity contribution in [2.45, 2.75) is 0 Å². The molecule has 0 unspecified atom stereocenters. The lowest BCUT2D eigenvalue weighted by atomic mass is 9.88. The van der Waals surface area contributed by atoms with Gasteiger partial charge in [0, 0.05) is 10.0 Å². The maximum Gasteiger partial charge on any atom is 0.270 e. The van der Waals surface area contributed by atoms with E-state index in [1.807, 2.05) is 30.3 Å². The Balaban J connectivity index is 0.000000586.